The van der Waals surface area contributed by atoms with Crippen molar-refractivity contribution >= 4 is 10.8 Å². The Bertz CT molecular complexity index is 1330. The molecular formula is C36H39F. The van der Waals surface area contributed by atoms with Gasteiger partial charge < -0.3 is 0 Å². The van der Waals surface area contributed by atoms with Crippen LogP contribution in [0, 0.1) is 17.7 Å². The molecule has 0 N–H and O–H groups in total. The van der Waals surface area contributed by atoms with Gasteiger partial charge in [-0.05, 0) is 77.9 Å². The molecule has 0 aliphatic carbocycles. The Morgan fingerprint density at radius 1 is 0.541 bits per heavy atom. The minimum Gasteiger partial charge on any atom is -0.205 e. The first kappa shape index (κ1) is 26.7. The summed E-state index contributed by atoms with van der Waals surface area (Å²) in [6.07, 6.45) is 12.0. The number of hydrogen-bond donors (Lipinski definition) is 0. The molecular weight excluding hydrogens is 451 g/mol. The molecule has 1 heteroatoms. The average molecular weight is 491 g/mol. The largest absolute Gasteiger partial charge is 0.205 e. The highest BCUT2D eigenvalue weighted by Gasteiger charge is 2.06. The third-order valence-corrected chi connectivity index (χ3v) is 7.15. The van der Waals surface area contributed by atoms with Crippen molar-refractivity contribution in [2.75, 3.05) is 0 Å². The van der Waals surface area contributed by atoms with Gasteiger partial charge in [0.25, 0.3) is 0 Å². The minimum atomic E-state index is -0.229. The van der Waals surface area contributed by atoms with Crippen molar-refractivity contribution in [2.24, 2.45) is 0 Å². The van der Waals surface area contributed by atoms with E-state index in [9.17, 15) is 0 Å². The number of halogens is 1. The van der Waals surface area contributed by atoms with E-state index in [4.69, 9.17) is 0 Å². The van der Waals surface area contributed by atoms with E-state index in [1.165, 1.54) is 60.8 Å². The van der Waals surface area contributed by atoms with Gasteiger partial charge in [0.05, 0.1) is 5.56 Å². The Balaban J connectivity index is 1.31. The third kappa shape index (κ3) is 7.80. The summed E-state index contributed by atoms with van der Waals surface area (Å²) in [7, 11) is 0. The molecule has 0 amide bonds. The van der Waals surface area contributed by atoms with Gasteiger partial charge in [0, 0.05) is 10.9 Å². The molecule has 190 valence electrons. The molecule has 0 aliphatic rings. The maximum Gasteiger partial charge on any atom is 0.146 e. The molecule has 4 aromatic carbocycles. The van der Waals surface area contributed by atoms with Crippen molar-refractivity contribution in [1.29, 1.82) is 0 Å². The standard InChI is InChI=1S/C36H39F/c1-3-5-6-7-8-10-28-11-13-29(14-12-28)15-16-30-17-19-31(20-18-30)21-23-33-24-25-34-27-32(9-4-2)22-26-35(34)36(33)37/h11-14,17-20,22,24-27H,3-10,15-16H2,1-2H3. The first-order valence-electron chi connectivity index (χ1n) is 14.1. The molecule has 0 spiro atoms. The summed E-state index contributed by atoms with van der Waals surface area (Å²) >= 11 is 0. The predicted molar refractivity (Wildman–Crippen MR) is 157 cm³/mol. The normalized spacial score (nSPS) is 10.9. The lowest BCUT2D eigenvalue weighted by Crippen LogP contribution is -1.93. The van der Waals surface area contributed by atoms with E-state index in [0.29, 0.717) is 10.9 Å². The second kappa shape index (κ2) is 13.8. The zero-order chi connectivity index (χ0) is 25.9. The van der Waals surface area contributed by atoms with Crippen LogP contribution in [-0.2, 0) is 25.7 Å². The molecule has 37 heavy (non-hydrogen) atoms. The molecule has 0 nitrogen and oxygen atoms in total. The van der Waals surface area contributed by atoms with Crippen molar-refractivity contribution in [3.63, 3.8) is 0 Å². The molecule has 0 fully saturated rings. The van der Waals surface area contributed by atoms with Gasteiger partial charge in [0.2, 0.25) is 0 Å². The van der Waals surface area contributed by atoms with Gasteiger partial charge >= 0.3 is 0 Å². The molecule has 0 unspecified atom stereocenters. The fourth-order valence-corrected chi connectivity index (χ4v) is 4.87. The van der Waals surface area contributed by atoms with Gasteiger partial charge in [-0.2, -0.15) is 0 Å². The quantitative estimate of drug-likeness (QED) is 0.145. The van der Waals surface area contributed by atoms with Crippen molar-refractivity contribution in [3.8, 4) is 11.8 Å². The summed E-state index contributed by atoms with van der Waals surface area (Å²) in [5.74, 6) is 5.96. The highest BCUT2D eigenvalue weighted by Crippen LogP contribution is 2.23. The second-order valence-corrected chi connectivity index (χ2v) is 10.2. The Morgan fingerprint density at radius 3 is 1.84 bits per heavy atom. The van der Waals surface area contributed by atoms with Crippen LogP contribution in [0.15, 0.2) is 78.9 Å². The monoisotopic (exact) mass is 490 g/mol. The highest BCUT2D eigenvalue weighted by molar-refractivity contribution is 5.85. The zero-order valence-corrected chi connectivity index (χ0v) is 22.5. The lowest BCUT2D eigenvalue weighted by Gasteiger charge is -2.06. The van der Waals surface area contributed by atoms with Crippen molar-refractivity contribution < 1.29 is 4.39 Å². The zero-order valence-electron chi connectivity index (χ0n) is 22.5. The maximum atomic E-state index is 15.0. The number of unbranched alkanes of at least 4 members (excludes halogenated alkanes) is 4. The van der Waals surface area contributed by atoms with Crippen LogP contribution in [0.1, 0.15) is 85.8 Å². The van der Waals surface area contributed by atoms with Crippen LogP contribution >= 0.6 is 0 Å². The van der Waals surface area contributed by atoms with Gasteiger partial charge in [-0.3, -0.25) is 0 Å². The molecule has 0 radical (unpaired) electrons. The van der Waals surface area contributed by atoms with Crippen molar-refractivity contribution in [1.82, 2.24) is 0 Å². The number of benzene rings is 4. The number of aryl methyl sites for hydroxylation is 4. The van der Waals surface area contributed by atoms with Crippen molar-refractivity contribution in [2.45, 2.75) is 78.1 Å². The van der Waals surface area contributed by atoms with Gasteiger partial charge in [-0.25, -0.2) is 4.39 Å². The van der Waals surface area contributed by atoms with E-state index in [0.717, 1.165) is 36.6 Å². The van der Waals surface area contributed by atoms with E-state index in [-0.39, 0.29) is 5.82 Å². The maximum absolute atomic E-state index is 15.0. The van der Waals surface area contributed by atoms with E-state index in [1.807, 2.05) is 30.3 Å². The molecule has 0 bridgehead atoms. The summed E-state index contributed by atoms with van der Waals surface area (Å²) in [4.78, 5) is 0. The lowest BCUT2D eigenvalue weighted by molar-refractivity contribution is 0.632. The number of hydrogen-bond acceptors (Lipinski definition) is 0. The van der Waals surface area contributed by atoms with Crippen LogP contribution in [0.25, 0.3) is 10.8 Å². The first-order valence-corrected chi connectivity index (χ1v) is 14.1. The predicted octanol–water partition coefficient (Wildman–Crippen LogP) is 9.63. The summed E-state index contributed by atoms with van der Waals surface area (Å²) in [5.41, 5.74) is 6.73. The Hall–Kier alpha value is -3.37. The van der Waals surface area contributed by atoms with Crippen molar-refractivity contribution in [3.05, 3.63) is 118 Å². The SMILES string of the molecule is CCCCCCCc1ccc(CCc2ccc(C#Cc3ccc4cc(CCC)ccc4c3F)cc2)cc1. The van der Waals surface area contributed by atoms with Crippen LogP contribution in [-0.4, -0.2) is 0 Å². The molecule has 0 heterocycles. The Morgan fingerprint density at radius 2 is 1.16 bits per heavy atom. The minimum absolute atomic E-state index is 0.229. The summed E-state index contributed by atoms with van der Waals surface area (Å²) < 4.78 is 15.0. The van der Waals surface area contributed by atoms with E-state index < -0.39 is 0 Å². The highest BCUT2D eigenvalue weighted by atomic mass is 19.1. The fourth-order valence-electron chi connectivity index (χ4n) is 4.87. The number of fused-ring (bicyclic) bond motifs is 1. The van der Waals surface area contributed by atoms with Crippen LogP contribution in [0.4, 0.5) is 4.39 Å². The van der Waals surface area contributed by atoms with Crippen LogP contribution in [0.3, 0.4) is 0 Å². The molecule has 0 saturated carbocycles. The topological polar surface area (TPSA) is 0 Å². The Kier molecular flexibility index (Phi) is 9.96. The summed E-state index contributed by atoms with van der Waals surface area (Å²) in [6.45, 7) is 4.42. The van der Waals surface area contributed by atoms with E-state index >= 15 is 4.39 Å². The Labute approximate surface area is 223 Å². The van der Waals surface area contributed by atoms with E-state index in [2.05, 4.69) is 68.2 Å². The summed E-state index contributed by atoms with van der Waals surface area (Å²) in [6, 6.07) is 27.3. The fraction of sp³-hybridized carbons (Fsp3) is 0.333. The van der Waals surface area contributed by atoms with Gasteiger partial charge in [-0.15, -0.1) is 0 Å². The van der Waals surface area contributed by atoms with E-state index in [1.54, 1.807) is 6.07 Å². The van der Waals surface area contributed by atoms with Crippen LogP contribution < -0.4 is 0 Å². The lowest BCUT2D eigenvalue weighted by atomic mass is 10.00. The second-order valence-electron chi connectivity index (χ2n) is 10.2. The third-order valence-electron chi connectivity index (χ3n) is 7.15. The van der Waals surface area contributed by atoms with Gasteiger partial charge in [-0.1, -0.05) is 118 Å². The molecule has 0 saturated heterocycles. The van der Waals surface area contributed by atoms with Crippen LogP contribution in [0.2, 0.25) is 0 Å². The number of rotatable bonds is 11. The van der Waals surface area contributed by atoms with Gasteiger partial charge in [0.15, 0.2) is 0 Å². The average Bonchev–Trinajstić information content (AvgIpc) is 2.93. The van der Waals surface area contributed by atoms with Gasteiger partial charge in [0.1, 0.15) is 5.82 Å². The molecule has 0 aromatic heterocycles. The molecule has 4 aromatic rings. The summed E-state index contributed by atoms with van der Waals surface area (Å²) in [5, 5.41) is 1.58. The molecule has 4 rings (SSSR count). The van der Waals surface area contributed by atoms with Crippen LogP contribution in [0.5, 0.6) is 0 Å². The molecule has 0 atom stereocenters. The molecule has 0 aliphatic heterocycles. The smallest absolute Gasteiger partial charge is 0.146 e. The first-order chi connectivity index (χ1) is 18.2.